The van der Waals surface area contributed by atoms with Crippen molar-refractivity contribution in [3.8, 4) is 6.07 Å². The molecule has 1 saturated heterocycles. The van der Waals surface area contributed by atoms with E-state index in [1.165, 1.54) is 36.4 Å². The number of nitrogens with zero attached hydrogens (tertiary/aromatic N) is 2. The number of nitrogens with one attached hydrogen (secondary N) is 1. The molecule has 142 valence electrons. The third kappa shape index (κ3) is 4.35. The van der Waals surface area contributed by atoms with Gasteiger partial charge in [0.05, 0.1) is 5.56 Å². The van der Waals surface area contributed by atoms with Gasteiger partial charge in [-0.15, -0.1) is 0 Å². The third-order valence-corrected chi connectivity index (χ3v) is 4.49. The summed E-state index contributed by atoms with van der Waals surface area (Å²) in [6.45, 7) is 1.77. The first-order valence-electron chi connectivity index (χ1n) is 8.79. The van der Waals surface area contributed by atoms with Gasteiger partial charge in [0.15, 0.2) is 0 Å². The van der Waals surface area contributed by atoms with Gasteiger partial charge in [0, 0.05) is 30.0 Å². The lowest BCUT2D eigenvalue weighted by atomic mass is 10.1. The minimum atomic E-state index is -1.13. The number of aromatic carboxylic acids is 1. The van der Waals surface area contributed by atoms with Crippen molar-refractivity contribution in [3.63, 3.8) is 0 Å². The van der Waals surface area contributed by atoms with Crippen LogP contribution in [0.3, 0.4) is 0 Å². The van der Waals surface area contributed by atoms with E-state index in [0.29, 0.717) is 0 Å². The Morgan fingerprint density at radius 1 is 1.18 bits per heavy atom. The summed E-state index contributed by atoms with van der Waals surface area (Å²) in [6, 6.07) is 12.1. The molecule has 0 atom stereocenters. The lowest BCUT2D eigenvalue weighted by molar-refractivity contribution is -0.112. The average molecular weight is 379 g/mol. The van der Waals surface area contributed by atoms with E-state index in [0.717, 1.165) is 31.6 Å². The number of nitriles is 1. The highest BCUT2D eigenvalue weighted by Crippen LogP contribution is 2.24. The molecule has 28 heavy (non-hydrogen) atoms. The van der Waals surface area contributed by atoms with Gasteiger partial charge in [-0.3, -0.25) is 4.79 Å². The number of carbonyl (C=O) groups is 2. The Bertz CT molecular complexity index is 989. The SMILES string of the molecule is N#C/C(=C/c1ccc(N2CCCC2)cc1F)C(=O)Nc1cccc(C(=O)O)c1. The molecule has 1 fully saturated rings. The first-order chi connectivity index (χ1) is 13.5. The van der Waals surface area contributed by atoms with E-state index in [9.17, 15) is 19.2 Å². The number of hydrogen-bond donors (Lipinski definition) is 2. The maximum Gasteiger partial charge on any atom is 0.335 e. The number of carboxylic acid groups (broad SMARTS) is 1. The lowest BCUT2D eigenvalue weighted by Crippen LogP contribution is -2.17. The molecule has 0 bridgehead atoms. The maximum absolute atomic E-state index is 14.5. The van der Waals surface area contributed by atoms with Crippen LogP contribution >= 0.6 is 0 Å². The van der Waals surface area contributed by atoms with Crippen molar-refractivity contribution in [2.45, 2.75) is 12.8 Å². The average Bonchev–Trinajstić information content (AvgIpc) is 3.22. The number of amides is 1. The van der Waals surface area contributed by atoms with Crippen LogP contribution in [0.4, 0.5) is 15.8 Å². The van der Waals surface area contributed by atoms with E-state index in [2.05, 4.69) is 10.2 Å². The molecule has 0 aliphatic carbocycles. The summed E-state index contributed by atoms with van der Waals surface area (Å²) in [5, 5.41) is 20.8. The molecule has 0 spiro atoms. The molecule has 2 aromatic rings. The van der Waals surface area contributed by atoms with Crippen LogP contribution in [0, 0.1) is 17.1 Å². The van der Waals surface area contributed by atoms with Crippen LogP contribution in [0.2, 0.25) is 0 Å². The molecule has 1 heterocycles. The highest BCUT2D eigenvalue weighted by molar-refractivity contribution is 6.10. The Labute approximate surface area is 161 Å². The molecule has 0 saturated carbocycles. The number of hydrogen-bond acceptors (Lipinski definition) is 4. The molecular weight excluding hydrogens is 361 g/mol. The monoisotopic (exact) mass is 379 g/mol. The first-order valence-corrected chi connectivity index (χ1v) is 8.79. The van der Waals surface area contributed by atoms with Crippen LogP contribution < -0.4 is 10.2 Å². The predicted molar refractivity (Wildman–Crippen MR) is 103 cm³/mol. The summed E-state index contributed by atoms with van der Waals surface area (Å²) < 4.78 is 14.5. The summed E-state index contributed by atoms with van der Waals surface area (Å²) in [6.07, 6.45) is 3.33. The van der Waals surface area contributed by atoms with E-state index in [1.807, 2.05) is 0 Å². The zero-order chi connectivity index (χ0) is 20.1. The fourth-order valence-corrected chi connectivity index (χ4v) is 3.04. The molecular formula is C21H18FN3O3. The Hall–Kier alpha value is -3.66. The van der Waals surface area contributed by atoms with Crippen LogP contribution in [0.25, 0.3) is 6.08 Å². The van der Waals surface area contributed by atoms with Crippen LogP contribution in [0.1, 0.15) is 28.8 Å². The van der Waals surface area contributed by atoms with Crippen molar-refractivity contribution >= 4 is 29.3 Å². The molecule has 7 heteroatoms. The second-order valence-corrected chi connectivity index (χ2v) is 6.41. The molecule has 6 nitrogen and oxygen atoms in total. The quantitative estimate of drug-likeness (QED) is 0.611. The number of rotatable bonds is 5. The Morgan fingerprint density at radius 3 is 2.57 bits per heavy atom. The molecule has 1 aliphatic rings. The summed E-state index contributed by atoms with van der Waals surface area (Å²) in [5.41, 5.74) is 0.864. The normalized spacial score (nSPS) is 13.9. The second-order valence-electron chi connectivity index (χ2n) is 6.41. The molecule has 0 unspecified atom stereocenters. The van der Waals surface area contributed by atoms with Crippen molar-refractivity contribution in [2.75, 3.05) is 23.3 Å². The van der Waals surface area contributed by atoms with Crippen molar-refractivity contribution in [1.29, 1.82) is 5.26 Å². The number of halogens is 1. The fourth-order valence-electron chi connectivity index (χ4n) is 3.04. The van der Waals surface area contributed by atoms with Crippen LogP contribution in [-0.2, 0) is 4.79 Å². The van der Waals surface area contributed by atoms with Crippen molar-refractivity contribution < 1.29 is 19.1 Å². The smallest absolute Gasteiger partial charge is 0.335 e. The van der Waals surface area contributed by atoms with Gasteiger partial charge >= 0.3 is 5.97 Å². The molecule has 2 N–H and O–H groups in total. The highest BCUT2D eigenvalue weighted by Gasteiger charge is 2.15. The van der Waals surface area contributed by atoms with Crippen LogP contribution in [-0.4, -0.2) is 30.1 Å². The van der Waals surface area contributed by atoms with Crippen molar-refractivity contribution in [2.24, 2.45) is 0 Å². The molecule has 0 aromatic heterocycles. The standard InChI is InChI=1S/C21H18FN3O3/c22-19-12-18(25-8-1-2-9-25)7-6-14(19)10-16(13-23)20(26)24-17-5-3-4-15(11-17)21(27)28/h3-7,10-12H,1-2,8-9H2,(H,24,26)(H,27,28)/b16-10-. The number of benzene rings is 2. The minimum absolute atomic E-state index is 0.00355. The van der Waals surface area contributed by atoms with Gasteiger partial charge in [0.25, 0.3) is 5.91 Å². The Kier molecular flexibility index (Phi) is 5.70. The summed E-state index contributed by atoms with van der Waals surface area (Å²) in [7, 11) is 0. The fraction of sp³-hybridized carbons (Fsp3) is 0.190. The van der Waals surface area contributed by atoms with Gasteiger partial charge in [-0.2, -0.15) is 5.26 Å². The molecule has 2 aromatic carbocycles. The number of anilines is 2. The van der Waals surface area contributed by atoms with E-state index in [1.54, 1.807) is 18.2 Å². The summed E-state index contributed by atoms with van der Waals surface area (Å²) in [5.74, 6) is -2.39. The Morgan fingerprint density at radius 2 is 1.93 bits per heavy atom. The van der Waals surface area contributed by atoms with Crippen LogP contribution in [0.15, 0.2) is 48.0 Å². The Balaban J connectivity index is 1.79. The third-order valence-electron chi connectivity index (χ3n) is 4.49. The predicted octanol–water partition coefficient (Wildman–Crippen LogP) is 3.67. The summed E-state index contributed by atoms with van der Waals surface area (Å²) in [4.78, 5) is 25.4. The largest absolute Gasteiger partial charge is 0.478 e. The highest BCUT2D eigenvalue weighted by atomic mass is 19.1. The van der Waals surface area contributed by atoms with Crippen molar-refractivity contribution in [3.05, 3.63) is 65.0 Å². The van der Waals surface area contributed by atoms with Crippen molar-refractivity contribution in [1.82, 2.24) is 0 Å². The minimum Gasteiger partial charge on any atom is -0.478 e. The zero-order valence-corrected chi connectivity index (χ0v) is 15.0. The molecule has 1 aliphatic heterocycles. The van der Waals surface area contributed by atoms with Gasteiger partial charge in [0.2, 0.25) is 0 Å². The van der Waals surface area contributed by atoms with E-state index >= 15 is 0 Å². The second kappa shape index (κ2) is 8.35. The van der Waals surface area contributed by atoms with E-state index in [-0.39, 0.29) is 22.4 Å². The molecule has 1 amide bonds. The molecule has 3 rings (SSSR count). The van der Waals surface area contributed by atoms with Gasteiger partial charge in [-0.1, -0.05) is 6.07 Å². The van der Waals surface area contributed by atoms with Gasteiger partial charge in [-0.05, 0) is 55.3 Å². The van der Waals surface area contributed by atoms with E-state index in [4.69, 9.17) is 5.11 Å². The van der Waals surface area contributed by atoms with Gasteiger partial charge < -0.3 is 15.3 Å². The topological polar surface area (TPSA) is 93.4 Å². The van der Waals surface area contributed by atoms with Crippen LogP contribution in [0.5, 0.6) is 0 Å². The molecule has 0 radical (unpaired) electrons. The first kappa shape index (κ1) is 19.1. The lowest BCUT2D eigenvalue weighted by Gasteiger charge is -2.17. The maximum atomic E-state index is 14.5. The van der Waals surface area contributed by atoms with Gasteiger partial charge in [0.1, 0.15) is 17.5 Å². The number of carboxylic acids is 1. The zero-order valence-electron chi connectivity index (χ0n) is 15.0. The summed E-state index contributed by atoms with van der Waals surface area (Å²) >= 11 is 0. The number of carbonyl (C=O) groups excluding carboxylic acids is 1. The van der Waals surface area contributed by atoms with Gasteiger partial charge in [-0.25, -0.2) is 9.18 Å². The van der Waals surface area contributed by atoms with E-state index < -0.39 is 17.7 Å².